The van der Waals surface area contributed by atoms with Gasteiger partial charge >= 0.3 is 0 Å². The summed E-state index contributed by atoms with van der Waals surface area (Å²) in [6, 6.07) is 10.4. The van der Waals surface area contributed by atoms with Gasteiger partial charge in [0.2, 0.25) is 0 Å². The van der Waals surface area contributed by atoms with Gasteiger partial charge in [0.1, 0.15) is 0 Å². The summed E-state index contributed by atoms with van der Waals surface area (Å²) in [6.07, 6.45) is 2.41. The predicted octanol–water partition coefficient (Wildman–Crippen LogP) is 3.62. The van der Waals surface area contributed by atoms with Crippen molar-refractivity contribution in [2.24, 2.45) is 17.6 Å². The third-order valence-corrected chi connectivity index (χ3v) is 4.65. The zero-order valence-electron chi connectivity index (χ0n) is 13.5. The van der Waals surface area contributed by atoms with E-state index >= 15 is 0 Å². The summed E-state index contributed by atoms with van der Waals surface area (Å²) >= 11 is 0. The lowest BCUT2D eigenvalue weighted by atomic mass is 9.99. The van der Waals surface area contributed by atoms with E-state index in [-0.39, 0.29) is 0 Å². The van der Waals surface area contributed by atoms with Crippen LogP contribution in [-0.4, -0.2) is 24.0 Å². The minimum Gasteiger partial charge on any atom is -0.330 e. The molecule has 0 radical (unpaired) electrons. The third-order valence-electron chi connectivity index (χ3n) is 4.65. The summed E-state index contributed by atoms with van der Waals surface area (Å²) < 4.78 is 0. The molecule has 0 spiro atoms. The molecule has 112 valence electrons. The molecule has 2 nitrogen and oxygen atoms in total. The Morgan fingerprint density at radius 3 is 2.35 bits per heavy atom. The first-order valence-electron chi connectivity index (χ1n) is 8.06. The van der Waals surface area contributed by atoms with Gasteiger partial charge in [-0.2, -0.15) is 0 Å². The average molecular weight is 274 g/mol. The summed E-state index contributed by atoms with van der Waals surface area (Å²) in [6.45, 7) is 11.2. The second-order valence-corrected chi connectivity index (χ2v) is 6.90. The molecule has 2 N–H and O–H groups in total. The maximum absolute atomic E-state index is 5.84. The summed E-state index contributed by atoms with van der Waals surface area (Å²) in [5.41, 5.74) is 8.72. The topological polar surface area (TPSA) is 29.3 Å². The van der Waals surface area contributed by atoms with Crippen LogP contribution in [0.25, 0.3) is 0 Å². The lowest BCUT2D eigenvalue weighted by Gasteiger charge is -2.29. The molecule has 1 saturated heterocycles. The van der Waals surface area contributed by atoms with Crippen molar-refractivity contribution in [3.63, 3.8) is 0 Å². The molecule has 0 saturated carbocycles. The van der Waals surface area contributed by atoms with Gasteiger partial charge in [-0.15, -0.1) is 0 Å². The number of rotatable bonds is 5. The molecule has 1 aliphatic heterocycles. The highest BCUT2D eigenvalue weighted by molar-refractivity contribution is 5.25. The lowest BCUT2D eigenvalue weighted by molar-refractivity contribution is 0.200. The van der Waals surface area contributed by atoms with Gasteiger partial charge in [-0.05, 0) is 56.2 Å². The molecule has 3 unspecified atom stereocenters. The highest BCUT2D eigenvalue weighted by atomic mass is 15.2. The number of nitrogens with zero attached hydrogens (tertiary/aromatic N) is 1. The maximum Gasteiger partial charge on any atom is 0.0322 e. The number of hydrogen-bond donors (Lipinski definition) is 1. The van der Waals surface area contributed by atoms with Crippen molar-refractivity contribution in [1.29, 1.82) is 0 Å². The Bertz CT molecular complexity index is 410. The van der Waals surface area contributed by atoms with Crippen LogP contribution in [0.3, 0.4) is 0 Å². The Hall–Kier alpha value is -0.860. The SMILES string of the molecule is CC(C)Cc1ccc(C(C)N2CC(CN)CC2C)cc1. The van der Waals surface area contributed by atoms with Crippen LogP contribution < -0.4 is 5.73 Å². The van der Waals surface area contributed by atoms with Crippen molar-refractivity contribution in [3.05, 3.63) is 35.4 Å². The minimum absolute atomic E-state index is 0.495. The zero-order valence-corrected chi connectivity index (χ0v) is 13.5. The molecule has 1 fully saturated rings. The van der Waals surface area contributed by atoms with Gasteiger partial charge in [0.25, 0.3) is 0 Å². The molecule has 2 heteroatoms. The van der Waals surface area contributed by atoms with E-state index in [2.05, 4.69) is 56.9 Å². The number of nitrogens with two attached hydrogens (primary N) is 1. The van der Waals surface area contributed by atoms with Crippen molar-refractivity contribution in [1.82, 2.24) is 4.90 Å². The van der Waals surface area contributed by atoms with Crippen LogP contribution in [0, 0.1) is 11.8 Å². The Balaban J connectivity index is 2.03. The lowest BCUT2D eigenvalue weighted by Crippen LogP contribution is -2.30. The van der Waals surface area contributed by atoms with E-state index in [1.807, 2.05) is 0 Å². The van der Waals surface area contributed by atoms with E-state index in [0.717, 1.165) is 19.0 Å². The van der Waals surface area contributed by atoms with E-state index in [4.69, 9.17) is 5.73 Å². The molecule has 1 heterocycles. The molecule has 20 heavy (non-hydrogen) atoms. The van der Waals surface area contributed by atoms with Crippen molar-refractivity contribution >= 4 is 0 Å². The van der Waals surface area contributed by atoms with Crippen LogP contribution in [0.4, 0.5) is 0 Å². The van der Waals surface area contributed by atoms with E-state index in [1.165, 1.54) is 24.0 Å². The molecule has 1 aliphatic rings. The van der Waals surface area contributed by atoms with Crippen LogP contribution in [0.2, 0.25) is 0 Å². The fourth-order valence-corrected chi connectivity index (χ4v) is 3.48. The van der Waals surface area contributed by atoms with Crippen molar-refractivity contribution in [3.8, 4) is 0 Å². The monoisotopic (exact) mass is 274 g/mol. The molecular weight excluding hydrogens is 244 g/mol. The number of likely N-dealkylation sites (tertiary alicyclic amines) is 1. The van der Waals surface area contributed by atoms with Gasteiger partial charge in [0.05, 0.1) is 0 Å². The molecule has 0 bridgehead atoms. The average Bonchev–Trinajstić information content (AvgIpc) is 2.79. The first-order valence-corrected chi connectivity index (χ1v) is 8.06. The van der Waals surface area contributed by atoms with Gasteiger partial charge in [0.15, 0.2) is 0 Å². The Labute approximate surface area is 124 Å². The normalized spacial score (nSPS) is 25.3. The van der Waals surface area contributed by atoms with E-state index in [1.54, 1.807) is 0 Å². The standard InChI is InChI=1S/C18H30N2/c1-13(2)9-16-5-7-18(8-6-16)15(4)20-12-17(11-19)10-14(20)3/h5-8,13-15,17H,9-12,19H2,1-4H3. The van der Waals surface area contributed by atoms with Crippen LogP contribution in [-0.2, 0) is 6.42 Å². The maximum atomic E-state index is 5.84. The third kappa shape index (κ3) is 3.62. The van der Waals surface area contributed by atoms with E-state index < -0.39 is 0 Å². The van der Waals surface area contributed by atoms with Gasteiger partial charge in [-0.1, -0.05) is 38.1 Å². The summed E-state index contributed by atoms with van der Waals surface area (Å²) in [7, 11) is 0. The number of benzene rings is 1. The summed E-state index contributed by atoms with van der Waals surface area (Å²) in [5, 5.41) is 0. The molecule has 0 aromatic heterocycles. The summed E-state index contributed by atoms with van der Waals surface area (Å²) in [4.78, 5) is 2.61. The van der Waals surface area contributed by atoms with Crippen molar-refractivity contribution < 1.29 is 0 Å². The number of hydrogen-bond acceptors (Lipinski definition) is 2. The quantitative estimate of drug-likeness (QED) is 0.888. The highest BCUT2D eigenvalue weighted by Crippen LogP contribution is 2.31. The van der Waals surface area contributed by atoms with Crippen molar-refractivity contribution in [2.45, 2.75) is 52.6 Å². The smallest absolute Gasteiger partial charge is 0.0322 e. The fraction of sp³-hybridized carbons (Fsp3) is 0.667. The molecule has 1 aromatic carbocycles. The Kier molecular flexibility index (Phi) is 5.22. The molecule has 0 aliphatic carbocycles. The first-order chi connectivity index (χ1) is 9.51. The van der Waals surface area contributed by atoms with Gasteiger partial charge in [-0.3, -0.25) is 4.90 Å². The summed E-state index contributed by atoms with van der Waals surface area (Å²) in [5.74, 6) is 1.40. The van der Waals surface area contributed by atoms with Gasteiger partial charge in [0, 0.05) is 18.6 Å². The first kappa shape index (κ1) is 15.5. The second-order valence-electron chi connectivity index (χ2n) is 6.90. The van der Waals surface area contributed by atoms with Gasteiger partial charge < -0.3 is 5.73 Å². The van der Waals surface area contributed by atoms with Crippen LogP contribution in [0.5, 0.6) is 0 Å². The highest BCUT2D eigenvalue weighted by Gasteiger charge is 2.31. The molecular formula is C18H30N2. The van der Waals surface area contributed by atoms with E-state index in [0.29, 0.717) is 18.0 Å². The molecule has 0 amide bonds. The van der Waals surface area contributed by atoms with Crippen LogP contribution >= 0.6 is 0 Å². The molecule has 1 aromatic rings. The van der Waals surface area contributed by atoms with E-state index in [9.17, 15) is 0 Å². The second kappa shape index (κ2) is 6.73. The zero-order chi connectivity index (χ0) is 14.7. The van der Waals surface area contributed by atoms with Gasteiger partial charge in [-0.25, -0.2) is 0 Å². The van der Waals surface area contributed by atoms with Crippen LogP contribution in [0.15, 0.2) is 24.3 Å². The molecule has 2 rings (SSSR count). The Morgan fingerprint density at radius 2 is 1.85 bits per heavy atom. The Morgan fingerprint density at radius 1 is 1.20 bits per heavy atom. The largest absolute Gasteiger partial charge is 0.330 e. The minimum atomic E-state index is 0.495. The predicted molar refractivity (Wildman–Crippen MR) is 86.7 cm³/mol. The fourth-order valence-electron chi connectivity index (χ4n) is 3.48. The van der Waals surface area contributed by atoms with Crippen LogP contribution in [0.1, 0.15) is 51.3 Å². The van der Waals surface area contributed by atoms with Crippen molar-refractivity contribution in [2.75, 3.05) is 13.1 Å². The molecule has 3 atom stereocenters.